The molecule has 4 amide bonds. The summed E-state index contributed by atoms with van der Waals surface area (Å²) in [6.45, 7) is 4.13. The summed E-state index contributed by atoms with van der Waals surface area (Å²) in [5.41, 5.74) is 6.30. The van der Waals surface area contributed by atoms with Crippen LogP contribution in [0.5, 0.6) is 5.75 Å². The first kappa shape index (κ1) is 37.4. The van der Waals surface area contributed by atoms with Crippen LogP contribution in [0.2, 0.25) is 10.0 Å². The van der Waals surface area contributed by atoms with Gasteiger partial charge in [0.1, 0.15) is 17.6 Å². The molecule has 2 saturated heterocycles. The second kappa shape index (κ2) is 15.7. The van der Waals surface area contributed by atoms with Gasteiger partial charge in [-0.25, -0.2) is 4.79 Å². The zero-order chi connectivity index (χ0) is 37.2. The number of hydrogen-bond donors (Lipinski definition) is 1. The second-order valence-electron chi connectivity index (χ2n) is 13.1. The van der Waals surface area contributed by atoms with Gasteiger partial charge in [0.2, 0.25) is 11.8 Å². The van der Waals surface area contributed by atoms with Crippen LogP contribution in [-0.2, 0) is 15.8 Å². The summed E-state index contributed by atoms with van der Waals surface area (Å²) in [6.07, 6.45) is -3.25. The van der Waals surface area contributed by atoms with E-state index >= 15 is 0 Å². The fourth-order valence-electron chi connectivity index (χ4n) is 6.99. The van der Waals surface area contributed by atoms with E-state index in [0.717, 1.165) is 17.7 Å². The molecule has 3 atom stereocenters. The van der Waals surface area contributed by atoms with Crippen molar-refractivity contribution in [2.45, 2.75) is 38.0 Å². The summed E-state index contributed by atoms with van der Waals surface area (Å²) in [5.74, 6) is -0.760. The third-order valence-corrected chi connectivity index (χ3v) is 10.2. The number of rotatable bonds is 8. The molecule has 0 saturated carbocycles. The fraction of sp³-hybridized carbons (Fsp3) is 0.405. The van der Waals surface area contributed by atoms with Gasteiger partial charge in [-0.05, 0) is 73.4 Å². The summed E-state index contributed by atoms with van der Waals surface area (Å²) in [5, 5.41) is 0.998. The number of nitrogens with two attached hydrogens (primary N) is 1. The van der Waals surface area contributed by atoms with Crippen molar-refractivity contribution < 1.29 is 32.3 Å². The van der Waals surface area contributed by atoms with Gasteiger partial charge in [0, 0.05) is 49.3 Å². The number of halogens is 5. The Hall–Kier alpha value is -4.33. The molecule has 10 nitrogen and oxygen atoms in total. The van der Waals surface area contributed by atoms with Crippen molar-refractivity contribution in [1.82, 2.24) is 19.6 Å². The van der Waals surface area contributed by atoms with E-state index in [4.69, 9.17) is 38.7 Å². The summed E-state index contributed by atoms with van der Waals surface area (Å²) < 4.78 is 47.3. The summed E-state index contributed by atoms with van der Waals surface area (Å²) in [7, 11) is 0. The molecule has 2 N–H and O–H groups in total. The average Bonchev–Trinajstić information content (AvgIpc) is 3.52. The first-order chi connectivity index (χ1) is 24.8. The van der Waals surface area contributed by atoms with E-state index < -0.39 is 35.8 Å². The minimum absolute atomic E-state index is 0.0555. The lowest BCUT2D eigenvalue weighted by Gasteiger charge is -2.39. The smallest absolute Gasteiger partial charge is 0.416 e. The summed E-state index contributed by atoms with van der Waals surface area (Å²) in [4.78, 5) is 51.6. The van der Waals surface area contributed by atoms with Crippen LogP contribution < -0.4 is 10.5 Å². The number of alkyl halides is 3. The van der Waals surface area contributed by atoms with Crippen LogP contribution in [-0.4, -0.2) is 95.7 Å². The van der Waals surface area contributed by atoms with Gasteiger partial charge in [-0.1, -0.05) is 47.5 Å². The Morgan fingerprint density at radius 2 is 1.52 bits per heavy atom. The Labute approximate surface area is 309 Å². The molecule has 3 heterocycles. The van der Waals surface area contributed by atoms with E-state index in [2.05, 4.69) is 0 Å². The minimum atomic E-state index is -4.62. The molecule has 0 aliphatic carbocycles. The molecule has 3 unspecified atom stereocenters. The van der Waals surface area contributed by atoms with Gasteiger partial charge < -0.3 is 20.3 Å². The normalized spacial score (nSPS) is 21.2. The molecule has 0 spiro atoms. The first-order valence-electron chi connectivity index (χ1n) is 17.1. The predicted molar refractivity (Wildman–Crippen MR) is 191 cm³/mol. The molecular formula is C37H39Cl2F3N6O4. The van der Waals surface area contributed by atoms with Crippen molar-refractivity contribution in [2.75, 3.05) is 52.4 Å². The van der Waals surface area contributed by atoms with Crippen molar-refractivity contribution in [1.29, 1.82) is 0 Å². The Kier molecular flexibility index (Phi) is 11.3. The molecule has 3 aliphatic rings. The van der Waals surface area contributed by atoms with Crippen molar-refractivity contribution in [3.05, 3.63) is 99.0 Å². The zero-order valence-electron chi connectivity index (χ0n) is 28.5. The van der Waals surface area contributed by atoms with E-state index in [0.29, 0.717) is 54.6 Å². The number of urea groups is 1. The largest absolute Gasteiger partial charge is 0.493 e. The number of ether oxygens (including phenoxy) is 1. The molecule has 52 heavy (non-hydrogen) atoms. The van der Waals surface area contributed by atoms with Crippen LogP contribution in [0.1, 0.15) is 54.1 Å². The lowest BCUT2D eigenvalue weighted by Crippen LogP contribution is -2.56. The van der Waals surface area contributed by atoms with Crippen LogP contribution in [0.15, 0.2) is 71.7 Å². The molecular weight excluding hydrogens is 720 g/mol. The molecule has 276 valence electrons. The Bertz CT molecular complexity index is 1820. The van der Waals surface area contributed by atoms with Gasteiger partial charge in [-0.15, -0.1) is 0 Å². The molecule has 2 fully saturated rings. The van der Waals surface area contributed by atoms with Crippen LogP contribution in [0.4, 0.5) is 18.0 Å². The number of primary amides is 1. The Balaban J connectivity index is 1.33. The standard InChI is InChI=1S/C37H39Cl2F3N6O4/c1-2-52-30-20-26(37(40,41)42)9-14-29(30)35-44-32(23-5-10-27(38)11-6-23)33(24-7-12-28(39)13-8-24)48(35)36(51)46-18-16-45(17-19-46)22-31(49)47-15-3-4-25(21-47)34(43)50/h5-14,20,25,32-33H,2-4,15-19,21-22H2,1H3,(H2,43,50). The highest BCUT2D eigenvalue weighted by atomic mass is 35.5. The number of benzene rings is 3. The molecule has 0 radical (unpaired) electrons. The number of aliphatic imine (C=N–C) groups is 1. The van der Waals surface area contributed by atoms with E-state index in [9.17, 15) is 27.6 Å². The number of carbonyl (C=O) groups excluding carboxylic acids is 3. The summed E-state index contributed by atoms with van der Waals surface area (Å²) in [6, 6.07) is 15.5. The topological polar surface area (TPSA) is 112 Å². The number of hydrogen-bond acceptors (Lipinski definition) is 6. The van der Waals surface area contributed by atoms with Crippen LogP contribution in [0, 0.1) is 5.92 Å². The number of carbonyl (C=O) groups is 3. The van der Waals surface area contributed by atoms with Crippen LogP contribution in [0.25, 0.3) is 0 Å². The van der Waals surface area contributed by atoms with Crippen LogP contribution >= 0.6 is 23.2 Å². The van der Waals surface area contributed by atoms with Gasteiger partial charge in [0.25, 0.3) is 0 Å². The highest BCUT2D eigenvalue weighted by Crippen LogP contribution is 2.46. The van der Waals surface area contributed by atoms with E-state index in [-0.39, 0.29) is 55.2 Å². The van der Waals surface area contributed by atoms with Crippen molar-refractivity contribution in [3.8, 4) is 5.75 Å². The Morgan fingerprint density at radius 3 is 2.12 bits per heavy atom. The minimum Gasteiger partial charge on any atom is -0.493 e. The SMILES string of the molecule is CCOc1cc(C(F)(F)F)ccc1C1=NC(c2ccc(Cl)cc2)C(c2ccc(Cl)cc2)N1C(=O)N1CCN(CC(=O)N2CCCC(C(N)=O)C2)CC1. The number of piperazine rings is 1. The second-order valence-corrected chi connectivity index (χ2v) is 14.0. The fourth-order valence-corrected chi connectivity index (χ4v) is 7.24. The van der Waals surface area contributed by atoms with Crippen molar-refractivity contribution in [3.63, 3.8) is 0 Å². The maximum Gasteiger partial charge on any atom is 0.416 e. The van der Waals surface area contributed by atoms with Gasteiger partial charge in [-0.2, -0.15) is 13.2 Å². The molecule has 0 aromatic heterocycles. The number of likely N-dealkylation sites (tertiary alicyclic amines) is 1. The van der Waals surface area contributed by atoms with Gasteiger partial charge in [-0.3, -0.25) is 24.4 Å². The molecule has 15 heteroatoms. The van der Waals surface area contributed by atoms with Crippen molar-refractivity contribution >= 4 is 46.9 Å². The number of piperidine rings is 1. The third-order valence-electron chi connectivity index (χ3n) is 9.72. The highest BCUT2D eigenvalue weighted by Gasteiger charge is 2.45. The molecule has 0 bridgehead atoms. The van der Waals surface area contributed by atoms with E-state index in [1.54, 1.807) is 53.1 Å². The Morgan fingerprint density at radius 1 is 0.885 bits per heavy atom. The maximum absolute atomic E-state index is 14.8. The monoisotopic (exact) mass is 758 g/mol. The maximum atomic E-state index is 14.8. The van der Waals surface area contributed by atoms with Gasteiger partial charge in [0.05, 0.1) is 36.2 Å². The van der Waals surface area contributed by atoms with E-state index in [1.807, 2.05) is 17.0 Å². The lowest BCUT2D eigenvalue weighted by atomic mass is 9.93. The van der Waals surface area contributed by atoms with Gasteiger partial charge >= 0.3 is 12.2 Å². The zero-order valence-corrected chi connectivity index (χ0v) is 30.0. The number of amidine groups is 1. The molecule has 6 rings (SSSR count). The van der Waals surface area contributed by atoms with Gasteiger partial charge in [0.15, 0.2) is 0 Å². The van der Waals surface area contributed by atoms with Crippen molar-refractivity contribution in [2.24, 2.45) is 16.6 Å². The molecule has 3 aromatic carbocycles. The number of nitrogens with zero attached hydrogens (tertiary/aromatic N) is 5. The van der Waals surface area contributed by atoms with E-state index in [1.165, 1.54) is 11.0 Å². The highest BCUT2D eigenvalue weighted by molar-refractivity contribution is 6.30. The molecule has 3 aromatic rings. The summed E-state index contributed by atoms with van der Waals surface area (Å²) >= 11 is 12.5. The first-order valence-corrected chi connectivity index (χ1v) is 17.9. The average molecular weight is 760 g/mol. The lowest BCUT2D eigenvalue weighted by molar-refractivity contribution is -0.138. The molecule has 3 aliphatic heterocycles. The quantitative estimate of drug-likeness (QED) is 0.285. The number of amides is 4. The van der Waals surface area contributed by atoms with Crippen LogP contribution in [0.3, 0.4) is 0 Å². The predicted octanol–water partition coefficient (Wildman–Crippen LogP) is 6.42. The third kappa shape index (κ3) is 8.16.